The van der Waals surface area contributed by atoms with Crippen molar-refractivity contribution in [3.63, 3.8) is 0 Å². The molecule has 0 saturated carbocycles. The summed E-state index contributed by atoms with van der Waals surface area (Å²) in [5.41, 5.74) is 2.22. The number of likely N-dealkylation sites (tertiary alicyclic amines) is 1. The summed E-state index contributed by atoms with van der Waals surface area (Å²) in [6.07, 6.45) is 2.70. The molecule has 2 N–H and O–H groups in total. The van der Waals surface area contributed by atoms with Crippen molar-refractivity contribution in [3.8, 4) is 0 Å². The van der Waals surface area contributed by atoms with E-state index in [-0.39, 0.29) is 5.91 Å². The molecular weight excluding hydrogens is 344 g/mol. The minimum atomic E-state index is -0.0826. The molecule has 0 atom stereocenters. The summed E-state index contributed by atoms with van der Waals surface area (Å²) >= 11 is 0. The first kappa shape index (κ1) is 19.1. The predicted molar refractivity (Wildman–Crippen MR) is 102 cm³/mol. The lowest BCUT2D eigenvalue weighted by Crippen LogP contribution is -2.38. The third-order valence-corrected chi connectivity index (χ3v) is 5.06. The molecule has 1 fully saturated rings. The minimum absolute atomic E-state index is 0.0826. The van der Waals surface area contributed by atoms with Gasteiger partial charge in [-0.3, -0.25) is 14.5 Å². The Labute approximate surface area is 159 Å². The van der Waals surface area contributed by atoms with Crippen LogP contribution in [0.15, 0.2) is 28.7 Å². The summed E-state index contributed by atoms with van der Waals surface area (Å²) in [5.74, 6) is 2.07. The molecule has 2 amide bonds. The van der Waals surface area contributed by atoms with Gasteiger partial charge >= 0.3 is 0 Å². The number of hydrogen-bond acceptors (Lipinski definition) is 5. The minimum Gasteiger partial charge on any atom is -0.444 e. The Hall–Kier alpha value is -2.67. The summed E-state index contributed by atoms with van der Waals surface area (Å²) in [5, 5.41) is 5.57. The van der Waals surface area contributed by atoms with Crippen molar-refractivity contribution in [2.45, 2.75) is 33.2 Å². The van der Waals surface area contributed by atoms with Crippen LogP contribution in [0, 0.1) is 19.8 Å². The molecular formula is C20H26N4O3. The molecule has 0 spiro atoms. The van der Waals surface area contributed by atoms with E-state index in [0.29, 0.717) is 30.1 Å². The Kier molecular flexibility index (Phi) is 6.24. The molecule has 27 heavy (non-hydrogen) atoms. The summed E-state index contributed by atoms with van der Waals surface area (Å²) in [6, 6.07) is 6.86. The van der Waals surface area contributed by atoms with Crippen LogP contribution in [-0.2, 0) is 11.3 Å². The molecule has 144 valence electrons. The zero-order valence-electron chi connectivity index (χ0n) is 15.8. The van der Waals surface area contributed by atoms with Gasteiger partial charge in [0.15, 0.2) is 0 Å². The van der Waals surface area contributed by atoms with Gasteiger partial charge in [0.1, 0.15) is 5.76 Å². The van der Waals surface area contributed by atoms with Gasteiger partial charge in [-0.15, -0.1) is 0 Å². The second-order valence-corrected chi connectivity index (χ2v) is 7.02. The van der Waals surface area contributed by atoms with Crippen LogP contribution in [0.25, 0.3) is 0 Å². The van der Waals surface area contributed by atoms with E-state index in [1.54, 1.807) is 24.3 Å². The van der Waals surface area contributed by atoms with Crippen molar-refractivity contribution in [2.75, 3.05) is 25.0 Å². The number of benzene rings is 1. The molecule has 2 aromatic rings. The number of carbonyl (C=O) groups excluding carboxylic acids is 2. The molecule has 1 aliphatic rings. The van der Waals surface area contributed by atoms with Gasteiger partial charge in [0.25, 0.3) is 5.91 Å². The van der Waals surface area contributed by atoms with Gasteiger partial charge in [-0.1, -0.05) is 0 Å². The molecule has 0 radical (unpaired) electrons. The standard InChI is InChI=1S/C20H26N4O3/c1-14-15(2)27-19(23-14)12-24-9-7-16(8-10-24)11-21-20(26)17-3-5-18(6-4-17)22-13-25/h3-6,13,16H,7-12H2,1-2H3,(H,21,26)(H,22,25). The Balaban J connectivity index is 1.41. The van der Waals surface area contributed by atoms with Crippen molar-refractivity contribution in [1.29, 1.82) is 0 Å². The van der Waals surface area contributed by atoms with Gasteiger partial charge in [-0.2, -0.15) is 0 Å². The zero-order valence-corrected chi connectivity index (χ0v) is 15.8. The first-order chi connectivity index (χ1) is 13.0. The quantitative estimate of drug-likeness (QED) is 0.731. The summed E-state index contributed by atoms with van der Waals surface area (Å²) in [4.78, 5) is 29.5. The number of aryl methyl sites for hydroxylation is 2. The Morgan fingerprint density at radius 3 is 2.56 bits per heavy atom. The molecule has 1 aliphatic heterocycles. The third kappa shape index (κ3) is 5.17. The van der Waals surface area contributed by atoms with Gasteiger partial charge in [0.2, 0.25) is 12.3 Å². The van der Waals surface area contributed by atoms with Crippen LogP contribution in [0.3, 0.4) is 0 Å². The highest BCUT2D eigenvalue weighted by molar-refractivity contribution is 5.94. The Bertz CT molecular complexity index is 758. The first-order valence-electron chi connectivity index (χ1n) is 9.29. The largest absolute Gasteiger partial charge is 0.444 e. The van der Waals surface area contributed by atoms with Crippen LogP contribution in [0.1, 0.15) is 40.5 Å². The van der Waals surface area contributed by atoms with Crippen molar-refractivity contribution >= 4 is 18.0 Å². The van der Waals surface area contributed by atoms with E-state index in [1.807, 2.05) is 13.8 Å². The Morgan fingerprint density at radius 2 is 1.96 bits per heavy atom. The van der Waals surface area contributed by atoms with E-state index in [1.165, 1.54) is 0 Å². The second-order valence-electron chi connectivity index (χ2n) is 7.02. The van der Waals surface area contributed by atoms with E-state index in [0.717, 1.165) is 49.8 Å². The number of nitrogens with one attached hydrogen (secondary N) is 2. The number of piperidine rings is 1. The number of amides is 2. The van der Waals surface area contributed by atoms with Crippen LogP contribution in [0.4, 0.5) is 5.69 Å². The van der Waals surface area contributed by atoms with E-state index in [2.05, 4.69) is 20.5 Å². The lowest BCUT2D eigenvalue weighted by molar-refractivity contribution is -0.105. The molecule has 0 aliphatic carbocycles. The number of aromatic nitrogens is 1. The summed E-state index contributed by atoms with van der Waals surface area (Å²) in [7, 11) is 0. The lowest BCUT2D eigenvalue weighted by Gasteiger charge is -2.31. The molecule has 2 heterocycles. The van der Waals surface area contributed by atoms with Crippen LogP contribution < -0.4 is 10.6 Å². The maximum Gasteiger partial charge on any atom is 0.251 e. The highest BCUT2D eigenvalue weighted by atomic mass is 16.4. The lowest BCUT2D eigenvalue weighted by atomic mass is 9.96. The summed E-state index contributed by atoms with van der Waals surface area (Å²) < 4.78 is 5.66. The molecule has 0 bridgehead atoms. The molecule has 1 saturated heterocycles. The normalized spacial score (nSPS) is 15.5. The summed E-state index contributed by atoms with van der Waals surface area (Å²) in [6.45, 7) is 7.28. The molecule has 1 aromatic heterocycles. The smallest absolute Gasteiger partial charge is 0.251 e. The topological polar surface area (TPSA) is 87.5 Å². The van der Waals surface area contributed by atoms with Gasteiger partial charge in [-0.25, -0.2) is 4.98 Å². The van der Waals surface area contributed by atoms with Crippen molar-refractivity contribution in [1.82, 2.24) is 15.2 Å². The Morgan fingerprint density at radius 1 is 1.26 bits per heavy atom. The molecule has 1 aromatic carbocycles. The fourth-order valence-electron chi connectivity index (χ4n) is 3.27. The number of rotatable bonds is 7. The maximum absolute atomic E-state index is 12.3. The average Bonchev–Trinajstić information content (AvgIpc) is 2.99. The second kappa shape index (κ2) is 8.81. The number of carbonyl (C=O) groups is 2. The van der Waals surface area contributed by atoms with Crippen LogP contribution in [0.5, 0.6) is 0 Å². The van der Waals surface area contributed by atoms with Crippen LogP contribution in [0.2, 0.25) is 0 Å². The van der Waals surface area contributed by atoms with Gasteiger partial charge in [0, 0.05) is 17.8 Å². The SMILES string of the molecule is Cc1nc(CN2CCC(CNC(=O)c3ccc(NC=O)cc3)CC2)oc1C. The highest BCUT2D eigenvalue weighted by Gasteiger charge is 2.21. The van der Waals surface area contributed by atoms with Gasteiger partial charge in [0.05, 0.1) is 12.2 Å². The van der Waals surface area contributed by atoms with Crippen LogP contribution >= 0.6 is 0 Å². The maximum atomic E-state index is 12.3. The number of hydrogen-bond donors (Lipinski definition) is 2. The molecule has 3 rings (SSSR count). The fraction of sp³-hybridized carbons (Fsp3) is 0.450. The van der Waals surface area contributed by atoms with Crippen LogP contribution in [-0.4, -0.2) is 41.8 Å². The van der Waals surface area contributed by atoms with Crippen molar-refractivity contribution < 1.29 is 14.0 Å². The molecule has 7 heteroatoms. The monoisotopic (exact) mass is 370 g/mol. The predicted octanol–water partition coefficient (Wildman–Crippen LogP) is 2.50. The van der Waals surface area contributed by atoms with Gasteiger partial charge in [-0.05, 0) is 70.0 Å². The number of oxazole rings is 1. The van der Waals surface area contributed by atoms with E-state index in [4.69, 9.17) is 4.42 Å². The molecule has 7 nitrogen and oxygen atoms in total. The molecule has 0 unspecified atom stereocenters. The van der Waals surface area contributed by atoms with Crippen molar-refractivity contribution in [3.05, 3.63) is 47.2 Å². The number of anilines is 1. The fourth-order valence-corrected chi connectivity index (χ4v) is 3.27. The highest BCUT2D eigenvalue weighted by Crippen LogP contribution is 2.19. The van der Waals surface area contributed by atoms with E-state index in [9.17, 15) is 9.59 Å². The van der Waals surface area contributed by atoms with E-state index >= 15 is 0 Å². The third-order valence-electron chi connectivity index (χ3n) is 5.06. The van der Waals surface area contributed by atoms with E-state index < -0.39 is 0 Å². The van der Waals surface area contributed by atoms with Crippen molar-refractivity contribution in [2.24, 2.45) is 5.92 Å². The zero-order chi connectivity index (χ0) is 19.2. The average molecular weight is 370 g/mol. The first-order valence-corrected chi connectivity index (χ1v) is 9.29. The number of nitrogens with zero attached hydrogens (tertiary/aromatic N) is 2. The van der Waals surface area contributed by atoms with Gasteiger partial charge < -0.3 is 15.1 Å².